The third-order valence-corrected chi connectivity index (χ3v) is 4.27. The molecule has 2 heterocycles. The van der Waals surface area contributed by atoms with Gasteiger partial charge in [-0.3, -0.25) is 5.01 Å². The first-order valence-electron chi connectivity index (χ1n) is 7.69. The van der Waals surface area contributed by atoms with Crippen LogP contribution >= 0.6 is 11.6 Å². The Morgan fingerprint density at radius 3 is 2.70 bits per heavy atom. The molecule has 1 aliphatic rings. The van der Waals surface area contributed by atoms with Gasteiger partial charge in [0, 0.05) is 30.4 Å². The predicted molar refractivity (Wildman–Crippen MR) is 93.1 cm³/mol. The summed E-state index contributed by atoms with van der Waals surface area (Å²) in [7, 11) is 0. The Hall–Kier alpha value is -1.88. The Labute approximate surface area is 141 Å². The fourth-order valence-electron chi connectivity index (χ4n) is 2.71. The van der Waals surface area contributed by atoms with Gasteiger partial charge < -0.3 is 4.74 Å². The van der Waals surface area contributed by atoms with Crippen molar-refractivity contribution in [2.24, 2.45) is 0 Å². The second kappa shape index (κ2) is 6.71. The van der Waals surface area contributed by atoms with Crippen LogP contribution in [0, 0.1) is 0 Å². The summed E-state index contributed by atoms with van der Waals surface area (Å²) in [5, 5.41) is 2.67. The maximum absolute atomic E-state index is 6.31. The average Bonchev–Trinajstić information content (AvgIpc) is 2.88. The Morgan fingerprint density at radius 2 is 2.00 bits per heavy atom. The van der Waals surface area contributed by atoms with Gasteiger partial charge in [0.25, 0.3) is 0 Å². The van der Waals surface area contributed by atoms with E-state index in [9.17, 15) is 0 Å². The molecule has 1 aromatic heterocycles. The number of benzene rings is 1. The number of nitrogens with zero attached hydrogens (tertiary/aromatic N) is 2. The van der Waals surface area contributed by atoms with Crippen molar-refractivity contribution in [2.45, 2.75) is 26.0 Å². The number of rotatable bonds is 5. The fourth-order valence-corrected chi connectivity index (χ4v) is 2.91. The quantitative estimate of drug-likeness (QED) is 0.901. The SMILES string of the molecule is CCOC1(C)NN(c2ccccn2)C=C1Cc1ccccc1Cl. The van der Waals surface area contributed by atoms with Gasteiger partial charge in [-0.2, -0.15) is 5.43 Å². The van der Waals surface area contributed by atoms with Gasteiger partial charge in [-0.05, 0) is 43.2 Å². The summed E-state index contributed by atoms with van der Waals surface area (Å²) < 4.78 is 5.97. The van der Waals surface area contributed by atoms with Gasteiger partial charge in [-0.25, -0.2) is 4.98 Å². The van der Waals surface area contributed by atoms with Gasteiger partial charge in [0.05, 0.1) is 0 Å². The lowest BCUT2D eigenvalue weighted by atomic mass is 9.99. The van der Waals surface area contributed by atoms with Crippen LogP contribution < -0.4 is 10.4 Å². The van der Waals surface area contributed by atoms with E-state index in [4.69, 9.17) is 16.3 Å². The van der Waals surface area contributed by atoms with Gasteiger partial charge in [-0.1, -0.05) is 35.9 Å². The van der Waals surface area contributed by atoms with Gasteiger partial charge in [0.2, 0.25) is 0 Å². The summed E-state index contributed by atoms with van der Waals surface area (Å²) >= 11 is 6.31. The molecule has 0 radical (unpaired) electrons. The third-order valence-electron chi connectivity index (χ3n) is 3.90. The summed E-state index contributed by atoms with van der Waals surface area (Å²) in [6.45, 7) is 4.63. The van der Waals surface area contributed by atoms with Crippen LogP contribution in [-0.2, 0) is 11.2 Å². The highest BCUT2D eigenvalue weighted by Gasteiger charge is 2.37. The van der Waals surface area contributed by atoms with Crippen molar-refractivity contribution in [2.75, 3.05) is 11.6 Å². The largest absolute Gasteiger partial charge is 0.356 e. The van der Waals surface area contributed by atoms with Crippen LogP contribution in [0.5, 0.6) is 0 Å². The van der Waals surface area contributed by atoms with Crippen LogP contribution in [-0.4, -0.2) is 17.3 Å². The van der Waals surface area contributed by atoms with Crippen molar-refractivity contribution in [3.63, 3.8) is 0 Å². The van der Waals surface area contributed by atoms with Crippen molar-refractivity contribution >= 4 is 17.4 Å². The standard InChI is InChI=1S/C18H20ClN3O/c1-3-23-18(2)15(12-14-8-4-5-9-16(14)19)13-22(21-18)17-10-6-7-11-20-17/h4-11,13,21H,3,12H2,1-2H3. The number of ether oxygens (including phenoxy) is 1. The van der Waals surface area contributed by atoms with Crippen molar-refractivity contribution in [1.82, 2.24) is 10.4 Å². The van der Waals surface area contributed by atoms with Crippen LogP contribution in [0.1, 0.15) is 19.4 Å². The van der Waals surface area contributed by atoms with Gasteiger partial charge in [-0.15, -0.1) is 0 Å². The van der Waals surface area contributed by atoms with E-state index in [2.05, 4.69) is 10.4 Å². The number of hydrazine groups is 1. The minimum absolute atomic E-state index is 0.578. The lowest BCUT2D eigenvalue weighted by Crippen LogP contribution is -2.48. The Kier molecular flexibility index (Phi) is 4.66. The molecule has 1 aliphatic heterocycles. The van der Waals surface area contributed by atoms with E-state index in [-0.39, 0.29) is 0 Å². The van der Waals surface area contributed by atoms with E-state index in [0.29, 0.717) is 13.0 Å². The second-order valence-electron chi connectivity index (χ2n) is 5.56. The first-order chi connectivity index (χ1) is 11.1. The lowest BCUT2D eigenvalue weighted by molar-refractivity contribution is -0.0158. The van der Waals surface area contributed by atoms with Crippen LogP contribution in [0.2, 0.25) is 5.02 Å². The molecule has 0 saturated heterocycles. The Morgan fingerprint density at radius 1 is 1.22 bits per heavy atom. The molecule has 4 nitrogen and oxygen atoms in total. The molecule has 1 aromatic carbocycles. The number of aromatic nitrogens is 1. The molecular weight excluding hydrogens is 310 g/mol. The monoisotopic (exact) mass is 329 g/mol. The number of pyridine rings is 1. The van der Waals surface area contributed by atoms with Crippen molar-refractivity contribution in [1.29, 1.82) is 0 Å². The number of halogens is 1. The molecule has 0 saturated carbocycles. The minimum Gasteiger partial charge on any atom is -0.356 e. The van der Waals surface area contributed by atoms with E-state index in [1.807, 2.05) is 67.5 Å². The molecule has 1 N–H and O–H groups in total. The van der Waals surface area contributed by atoms with E-state index >= 15 is 0 Å². The summed E-state index contributed by atoms with van der Waals surface area (Å²) in [6, 6.07) is 13.7. The Balaban J connectivity index is 1.91. The molecule has 2 aromatic rings. The maximum atomic E-state index is 6.31. The van der Waals surface area contributed by atoms with Crippen molar-refractivity contribution < 1.29 is 4.74 Å². The Bertz CT molecular complexity index is 704. The summed E-state index contributed by atoms with van der Waals surface area (Å²) in [4.78, 5) is 4.38. The topological polar surface area (TPSA) is 37.4 Å². The molecule has 5 heteroatoms. The molecule has 0 aliphatic carbocycles. The third kappa shape index (κ3) is 3.39. The number of nitrogens with one attached hydrogen (secondary N) is 1. The second-order valence-corrected chi connectivity index (χ2v) is 5.97. The van der Waals surface area contributed by atoms with E-state index in [1.54, 1.807) is 6.20 Å². The van der Waals surface area contributed by atoms with Gasteiger partial charge >= 0.3 is 0 Å². The molecule has 1 unspecified atom stereocenters. The molecule has 3 rings (SSSR count). The molecule has 120 valence electrons. The zero-order chi connectivity index (χ0) is 16.3. The lowest BCUT2D eigenvalue weighted by Gasteiger charge is -2.30. The molecule has 1 atom stereocenters. The fraction of sp³-hybridized carbons (Fsp3) is 0.278. The molecular formula is C18H20ClN3O. The maximum Gasteiger partial charge on any atom is 0.157 e. The zero-order valence-electron chi connectivity index (χ0n) is 13.3. The molecule has 0 amide bonds. The van der Waals surface area contributed by atoms with E-state index in [1.165, 1.54) is 0 Å². The number of anilines is 1. The summed E-state index contributed by atoms with van der Waals surface area (Å²) in [6.07, 6.45) is 4.53. The average molecular weight is 330 g/mol. The molecule has 0 fully saturated rings. The summed E-state index contributed by atoms with van der Waals surface area (Å²) in [5.74, 6) is 0.826. The van der Waals surface area contributed by atoms with Gasteiger partial charge in [0.15, 0.2) is 5.72 Å². The van der Waals surface area contributed by atoms with Crippen LogP contribution in [0.4, 0.5) is 5.82 Å². The van der Waals surface area contributed by atoms with E-state index < -0.39 is 5.72 Å². The van der Waals surface area contributed by atoms with Gasteiger partial charge in [0.1, 0.15) is 5.82 Å². The smallest absolute Gasteiger partial charge is 0.157 e. The molecule has 0 spiro atoms. The van der Waals surface area contributed by atoms with Crippen LogP contribution in [0.3, 0.4) is 0 Å². The highest BCUT2D eigenvalue weighted by Crippen LogP contribution is 2.32. The van der Waals surface area contributed by atoms with E-state index in [0.717, 1.165) is 22.0 Å². The van der Waals surface area contributed by atoms with Crippen LogP contribution in [0.15, 0.2) is 60.4 Å². The number of hydrogen-bond acceptors (Lipinski definition) is 4. The van der Waals surface area contributed by atoms with Crippen LogP contribution in [0.25, 0.3) is 0 Å². The molecule has 23 heavy (non-hydrogen) atoms. The first kappa shape index (κ1) is 16.0. The predicted octanol–water partition coefficient (Wildman–Crippen LogP) is 3.94. The van der Waals surface area contributed by atoms with Crippen molar-refractivity contribution in [3.8, 4) is 0 Å². The normalized spacial score (nSPS) is 20.7. The zero-order valence-corrected chi connectivity index (χ0v) is 14.0. The highest BCUT2D eigenvalue weighted by molar-refractivity contribution is 6.31. The minimum atomic E-state index is -0.578. The number of hydrogen-bond donors (Lipinski definition) is 1. The molecule has 0 bridgehead atoms. The first-order valence-corrected chi connectivity index (χ1v) is 8.07. The highest BCUT2D eigenvalue weighted by atomic mass is 35.5. The van der Waals surface area contributed by atoms with Crippen molar-refractivity contribution in [3.05, 3.63) is 71.0 Å². The summed E-state index contributed by atoms with van der Waals surface area (Å²) in [5.41, 5.74) is 5.00.